The SMILES string of the molecule is CC1=CCCN(C(=O)c2cc(Br)sc2Br)C1. The third-order valence-corrected chi connectivity index (χ3v) is 4.85. The summed E-state index contributed by atoms with van der Waals surface area (Å²) in [4.78, 5) is 14.1. The Morgan fingerprint density at radius 3 is 2.81 bits per heavy atom. The van der Waals surface area contributed by atoms with E-state index in [1.54, 1.807) is 0 Å². The van der Waals surface area contributed by atoms with Crippen molar-refractivity contribution in [2.45, 2.75) is 13.3 Å². The highest BCUT2D eigenvalue weighted by Gasteiger charge is 2.21. The first-order chi connectivity index (χ1) is 7.58. The van der Waals surface area contributed by atoms with E-state index in [-0.39, 0.29) is 5.91 Å². The second-order valence-electron chi connectivity index (χ2n) is 3.80. The molecule has 1 amide bonds. The quantitative estimate of drug-likeness (QED) is 0.688. The lowest BCUT2D eigenvalue weighted by Crippen LogP contribution is -2.35. The van der Waals surface area contributed by atoms with Gasteiger partial charge in [-0.15, -0.1) is 11.3 Å². The maximum atomic E-state index is 12.2. The largest absolute Gasteiger partial charge is 0.334 e. The van der Waals surface area contributed by atoms with Gasteiger partial charge in [0.2, 0.25) is 0 Å². The van der Waals surface area contributed by atoms with Crippen LogP contribution in [0.2, 0.25) is 0 Å². The Hall–Kier alpha value is -0.130. The van der Waals surface area contributed by atoms with Crippen molar-refractivity contribution in [2.75, 3.05) is 13.1 Å². The normalized spacial score (nSPS) is 16.2. The molecule has 0 saturated heterocycles. The summed E-state index contributed by atoms with van der Waals surface area (Å²) in [5.41, 5.74) is 2.02. The van der Waals surface area contributed by atoms with Crippen LogP contribution in [0.1, 0.15) is 23.7 Å². The molecule has 0 fully saturated rings. The van der Waals surface area contributed by atoms with E-state index >= 15 is 0 Å². The predicted octanol–water partition coefficient (Wildman–Crippen LogP) is 4.07. The average molecular weight is 365 g/mol. The summed E-state index contributed by atoms with van der Waals surface area (Å²) in [7, 11) is 0. The number of carbonyl (C=O) groups is 1. The van der Waals surface area contributed by atoms with Gasteiger partial charge >= 0.3 is 0 Å². The zero-order valence-electron chi connectivity index (χ0n) is 8.80. The summed E-state index contributed by atoms with van der Waals surface area (Å²) in [6.07, 6.45) is 3.16. The van der Waals surface area contributed by atoms with Crippen molar-refractivity contribution in [1.29, 1.82) is 0 Å². The van der Waals surface area contributed by atoms with Crippen LogP contribution in [0.4, 0.5) is 0 Å². The third-order valence-electron chi connectivity index (χ3n) is 2.51. The van der Waals surface area contributed by atoms with Gasteiger partial charge in [-0.2, -0.15) is 0 Å². The molecular weight excluding hydrogens is 354 g/mol. The van der Waals surface area contributed by atoms with E-state index in [4.69, 9.17) is 0 Å². The molecule has 1 aromatic heterocycles. The monoisotopic (exact) mass is 363 g/mol. The molecule has 5 heteroatoms. The van der Waals surface area contributed by atoms with Crippen molar-refractivity contribution in [2.24, 2.45) is 0 Å². The standard InChI is InChI=1S/C11H11Br2NOS/c1-7-3-2-4-14(6-7)11(15)8-5-9(12)16-10(8)13/h3,5H,2,4,6H2,1H3. The van der Waals surface area contributed by atoms with Gasteiger partial charge in [0.15, 0.2) is 0 Å². The Morgan fingerprint density at radius 2 is 2.25 bits per heavy atom. The first-order valence-corrected chi connectivity index (χ1v) is 7.38. The summed E-state index contributed by atoms with van der Waals surface area (Å²) in [5, 5.41) is 0. The average Bonchev–Trinajstić information content (AvgIpc) is 2.57. The number of carbonyl (C=O) groups excluding carboxylic acids is 1. The van der Waals surface area contributed by atoms with E-state index in [9.17, 15) is 4.79 Å². The molecule has 1 aromatic rings. The fourth-order valence-corrected chi connectivity index (χ4v) is 4.52. The predicted molar refractivity (Wildman–Crippen MR) is 74.0 cm³/mol. The van der Waals surface area contributed by atoms with Crippen LogP contribution in [0, 0.1) is 0 Å². The van der Waals surface area contributed by atoms with Crippen molar-refractivity contribution in [3.63, 3.8) is 0 Å². The van der Waals surface area contributed by atoms with E-state index in [0.717, 1.165) is 32.6 Å². The molecule has 0 radical (unpaired) electrons. The van der Waals surface area contributed by atoms with Gasteiger partial charge in [-0.1, -0.05) is 11.6 Å². The van der Waals surface area contributed by atoms with Crippen LogP contribution in [0.25, 0.3) is 0 Å². The maximum absolute atomic E-state index is 12.2. The number of nitrogens with zero attached hydrogens (tertiary/aromatic N) is 1. The fraction of sp³-hybridized carbons (Fsp3) is 0.364. The Bertz CT molecular complexity index is 453. The summed E-state index contributed by atoms with van der Waals surface area (Å²) in [5.74, 6) is 0.112. The molecule has 0 aromatic carbocycles. The van der Waals surface area contributed by atoms with E-state index < -0.39 is 0 Å². The number of hydrogen-bond acceptors (Lipinski definition) is 2. The molecule has 16 heavy (non-hydrogen) atoms. The van der Waals surface area contributed by atoms with E-state index in [2.05, 4.69) is 44.9 Å². The molecule has 86 valence electrons. The van der Waals surface area contributed by atoms with E-state index in [1.165, 1.54) is 16.9 Å². The van der Waals surface area contributed by atoms with Crippen molar-refractivity contribution >= 4 is 49.1 Å². The lowest BCUT2D eigenvalue weighted by Gasteiger charge is -2.26. The number of thiophene rings is 1. The lowest BCUT2D eigenvalue weighted by molar-refractivity contribution is 0.0765. The Kier molecular flexibility index (Phi) is 3.87. The van der Waals surface area contributed by atoms with Gasteiger partial charge in [0.05, 0.1) is 13.1 Å². The minimum Gasteiger partial charge on any atom is -0.334 e. The molecule has 0 aliphatic carbocycles. The molecular formula is C11H11Br2NOS. The number of amides is 1. The zero-order chi connectivity index (χ0) is 11.7. The minimum atomic E-state index is 0.112. The van der Waals surface area contributed by atoms with Gasteiger partial charge in [0, 0.05) is 13.1 Å². The molecule has 0 spiro atoms. The molecule has 2 rings (SSSR count). The maximum Gasteiger partial charge on any atom is 0.256 e. The topological polar surface area (TPSA) is 20.3 Å². The summed E-state index contributed by atoms with van der Waals surface area (Å²) in [6.45, 7) is 3.63. The lowest BCUT2D eigenvalue weighted by atomic mass is 10.1. The van der Waals surface area contributed by atoms with Gasteiger partial charge in [0.25, 0.3) is 5.91 Å². The molecule has 0 saturated carbocycles. The Labute approximate surface area is 116 Å². The zero-order valence-corrected chi connectivity index (χ0v) is 12.8. The van der Waals surface area contributed by atoms with Gasteiger partial charge in [0.1, 0.15) is 0 Å². The molecule has 1 aliphatic rings. The highest BCUT2D eigenvalue weighted by atomic mass is 79.9. The van der Waals surface area contributed by atoms with Gasteiger partial charge in [-0.05, 0) is 51.3 Å². The molecule has 0 atom stereocenters. The first-order valence-electron chi connectivity index (χ1n) is 4.97. The molecule has 0 unspecified atom stereocenters. The van der Waals surface area contributed by atoms with Crippen molar-refractivity contribution in [3.05, 3.63) is 30.9 Å². The third kappa shape index (κ3) is 2.57. The van der Waals surface area contributed by atoms with Crippen LogP contribution >= 0.6 is 43.2 Å². The molecule has 0 bridgehead atoms. The van der Waals surface area contributed by atoms with E-state index in [1.807, 2.05) is 11.0 Å². The molecule has 2 nitrogen and oxygen atoms in total. The van der Waals surface area contributed by atoms with Crippen molar-refractivity contribution in [3.8, 4) is 0 Å². The van der Waals surface area contributed by atoms with E-state index in [0.29, 0.717) is 0 Å². The number of halogens is 2. The van der Waals surface area contributed by atoms with Gasteiger partial charge in [-0.25, -0.2) is 0 Å². The smallest absolute Gasteiger partial charge is 0.256 e. The molecule has 0 N–H and O–H groups in total. The van der Waals surface area contributed by atoms with Crippen LogP contribution < -0.4 is 0 Å². The Morgan fingerprint density at radius 1 is 1.50 bits per heavy atom. The summed E-state index contributed by atoms with van der Waals surface area (Å²) >= 11 is 8.35. The fourth-order valence-electron chi connectivity index (χ4n) is 1.74. The highest BCUT2D eigenvalue weighted by molar-refractivity contribution is 9.12. The van der Waals surface area contributed by atoms with Crippen molar-refractivity contribution in [1.82, 2.24) is 4.90 Å². The first kappa shape index (κ1) is 12.3. The van der Waals surface area contributed by atoms with Crippen LogP contribution in [0.3, 0.4) is 0 Å². The second-order valence-corrected chi connectivity index (χ2v) is 7.55. The van der Waals surface area contributed by atoms with Crippen LogP contribution in [0.15, 0.2) is 25.3 Å². The summed E-state index contributed by atoms with van der Waals surface area (Å²) in [6, 6.07) is 1.88. The highest BCUT2D eigenvalue weighted by Crippen LogP contribution is 2.33. The van der Waals surface area contributed by atoms with Gasteiger partial charge in [-0.3, -0.25) is 4.79 Å². The number of hydrogen-bond donors (Lipinski definition) is 0. The Balaban J connectivity index is 2.19. The van der Waals surface area contributed by atoms with Crippen LogP contribution in [-0.2, 0) is 0 Å². The van der Waals surface area contributed by atoms with Crippen molar-refractivity contribution < 1.29 is 4.79 Å². The summed E-state index contributed by atoms with van der Waals surface area (Å²) < 4.78 is 1.88. The van der Waals surface area contributed by atoms with Crippen LogP contribution in [0.5, 0.6) is 0 Å². The minimum absolute atomic E-state index is 0.112. The molecule has 2 heterocycles. The second kappa shape index (κ2) is 5.02. The number of rotatable bonds is 1. The van der Waals surface area contributed by atoms with Crippen LogP contribution in [-0.4, -0.2) is 23.9 Å². The molecule has 1 aliphatic heterocycles. The van der Waals surface area contributed by atoms with Gasteiger partial charge < -0.3 is 4.90 Å².